The molecule has 0 aliphatic heterocycles. The molecule has 1 saturated carbocycles. The zero-order chi connectivity index (χ0) is 17.9. The monoisotopic (exact) mass is 385 g/mol. The van der Waals surface area contributed by atoms with Gasteiger partial charge in [-0.25, -0.2) is 9.97 Å². The highest BCUT2D eigenvalue weighted by molar-refractivity contribution is 7.98. The van der Waals surface area contributed by atoms with E-state index in [1.54, 1.807) is 24.0 Å². The van der Waals surface area contributed by atoms with E-state index in [0.717, 1.165) is 29.1 Å². The van der Waals surface area contributed by atoms with Crippen LogP contribution in [0.2, 0.25) is 5.15 Å². The lowest BCUT2D eigenvalue weighted by molar-refractivity contribution is 0.326. The first-order valence-electron chi connectivity index (χ1n) is 8.97. The van der Waals surface area contributed by atoms with E-state index in [-0.39, 0.29) is 11.6 Å². The fraction of sp³-hybridized carbons (Fsp3) is 0.350. The zero-order valence-corrected chi connectivity index (χ0v) is 16.0. The van der Waals surface area contributed by atoms with Crippen molar-refractivity contribution in [1.29, 1.82) is 0 Å². The molecule has 4 nitrogen and oxygen atoms in total. The number of benzene rings is 1. The standard InChI is InChI=1S/C20H20ClN3OS/c21-18-11-10-14(12-22-18)13-26-20-23-17-9-5-4-8-16(17)19(25)24(20)15-6-2-1-3-7-15/h4-5,8-12,15H,1-3,6-7,13H2. The van der Waals surface area contributed by atoms with Gasteiger partial charge in [-0.1, -0.05) is 60.8 Å². The lowest BCUT2D eigenvalue weighted by atomic mass is 9.95. The summed E-state index contributed by atoms with van der Waals surface area (Å²) in [5.41, 5.74) is 1.91. The first-order chi connectivity index (χ1) is 12.7. The quantitative estimate of drug-likeness (QED) is 0.350. The summed E-state index contributed by atoms with van der Waals surface area (Å²) in [6.07, 6.45) is 7.49. The molecule has 0 bridgehead atoms. The van der Waals surface area contributed by atoms with Crippen molar-refractivity contribution in [2.24, 2.45) is 0 Å². The molecule has 4 rings (SSSR count). The maximum absolute atomic E-state index is 13.2. The Labute approximate surface area is 161 Å². The van der Waals surface area contributed by atoms with Crippen LogP contribution in [0, 0.1) is 0 Å². The molecule has 1 aliphatic rings. The van der Waals surface area contributed by atoms with Gasteiger partial charge in [0.05, 0.1) is 10.9 Å². The molecule has 0 spiro atoms. The first-order valence-corrected chi connectivity index (χ1v) is 10.3. The van der Waals surface area contributed by atoms with Gasteiger partial charge in [0, 0.05) is 18.0 Å². The minimum Gasteiger partial charge on any atom is -0.284 e. The Balaban J connectivity index is 1.73. The third-order valence-electron chi connectivity index (χ3n) is 4.87. The predicted molar refractivity (Wildman–Crippen MR) is 107 cm³/mol. The highest BCUT2D eigenvalue weighted by Crippen LogP contribution is 2.32. The van der Waals surface area contributed by atoms with Gasteiger partial charge in [0.1, 0.15) is 5.15 Å². The van der Waals surface area contributed by atoms with Crippen LogP contribution in [0.15, 0.2) is 52.5 Å². The van der Waals surface area contributed by atoms with Crippen LogP contribution in [0.3, 0.4) is 0 Å². The molecule has 134 valence electrons. The summed E-state index contributed by atoms with van der Waals surface area (Å²) in [7, 11) is 0. The predicted octanol–water partition coefficient (Wildman–Crippen LogP) is 5.24. The molecule has 6 heteroatoms. The smallest absolute Gasteiger partial charge is 0.262 e. The number of aromatic nitrogens is 3. The maximum Gasteiger partial charge on any atom is 0.262 e. The van der Waals surface area contributed by atoms with Crippen molar-refractivity contribution >= 4 is 34.3 Å². The van der Waals surface area contributed by atoms with Gasteiger partial charge in [0.15, 0.2) is 5.16 Å². The van der Waals surface area contributed by atoms with E-state index in [1.807, 2.05) is 34.9 Å². The number of nitrogens with zero attached hydrogens (tertiary/aromatic N) is 3. The molecule has 3 aromatic rings. The lowest BCUT2D eigenvalue weighted by Gasteiger charge is -2.26. The third-order valence-corrected chi connectivity index (χ3v) is 6.12. The summed E-state index contributed by atoms with van der Waals surface area (Å²) in [4.78, 5) is 22.1. The Morgan fingerprint density at radius 1 is 1.12 bits per heavy atom. The number of rotatable bonds is 4. The Morgan fingerprint density at radius 3 is 2.69 bits per heavy atom. The zero-order valence-electron chi connectivity index (χ0n) is 14.4. The Morgan fingerprint density at radius 2 is 1.92 bits per heavy atom. The van der Waals surface area contributed by atoms with E-state index in [0.29, 0.717) is 16.3 Å². The fourth-order valence-electron chi connectivity index (χ4n) is 3.53. The van der Waals surface area contributed by atoms with Gasteiger partial charge in [-0.3, -0.25) is 9.36 Å². The summed E-state index contributed by atoms with van der Waals surface area (Å²) in [6.45, 7) is 0. The molecule has 0 N–H and O–H groups in total. The molecular formula is C20H20ClN3OS. The van der Waals surface area contributed by atoms with Crippen LogP contribution in [0.25, 0.3) is 10.9 Å². The van der Waals surface area contributed by atoms with Crippen molar-refractivity contribution in [1.82, 2.24) is 14.5 Å². The Hall–Kier alpha value is -1.85. The molecule has 26 heavy (non-hydrogen) atoms. The van der Waals surface area contributed by atoms with Crippen molar-refractivity contribution in [3.63, 3.8) is 0 Å². The van der Waals surface area contributed by atoms with Crippen molar-refractivity contribution in [3.05, 3.63) is 63.7 Å². The number of fused-ring (bicyclic) bond motifs is 1. The summed E-state index contributed by atoms with van der Waals surface area (Å²) in [5.74, 6) is 0.710. The molecule has 0 amide bonds. The first kappa shape index (κ1) is 17.6. The molecule has 0 radical (unpaired) electrons. The third kappa shape index (κ3) is 3.64. The van der Waals surface area contributed by atoms with Gasteiger partial charge in [-0.2, -0.15) is 0 Å². The molecule has 0 atom stereocenters. The number of hydrogen-bond donors (Lipinski definition) is 0. The van der Waals surface area contributed by atoms with Gasteiger partial charge >= 0.3 is 0 Å². The Bertz CT molecular complexity index is 965. The molecule has 2 heterocycles. The van der Waals surface area contributed by atoms with Gasteiger partial charge in [0.25, 0.3) is 5.56 Å². The number of thioether (sulfide) groups is 1. The lowest BCUT2D eigenvalue weighted by Crippen LogP contribution is -2.29. The summed E-state index contributed by atoms with van der Waals surface area (Å²) >= 11 is 7.46. The normalized spacial score (nSPS) is 15.4. The average molecular weight is 386 g/mol. The minimum atomic E-state index is 0.0826. The van der Waals surface area contributed by atoms with Crippen LogP contribution in [-0.2, 0) is 5.75 Å². The topological polar surface area (TPSA) is 47.8 Å². The van der Waals surface area contributed by atoms with Crippen LogP contribution in [0.4, 0.5) is 0 Å². The van der Waals surface area contributed by atoms with Crippen molar-refractivity contribution < 1.29 is 0 Å². The van der Waals surface area contributed by atoms with E-state index < -0.39 is 0 Å². The SMILES string of the molecule is O=c1c2ccccc2nc(SCc2ccc(Cl)nc2)n1C1CCCCC1. The van der Waals surface area contributed by atoms with Crippen LogP contribution < -0.4 is 5.56 Å². The summed E-state index contributed by atoms with van der Waals surface area (Å²) < 4.78 is 1.94. The van der Waals surface area contributed by atoms with Gasteiger partial charge in [-0.05, 0) is 36.6 Å². The second kappa shape index (κ2) is 7.80. The second-order valence-electron chi connectivity index (χ2n) is 6.66. The number of hydrogen-bond acceptors (Lipinski definition) is 4. The molecule has 1 fully saturated rings. The average Bonchev–Trinajstić information content (AvgIpc) is 2.68. The summed E-state index contributed by atoms with van der Waals surface area (Å²) in [5, 5.41) is 1.99. The van der Waals surface area contributed by atoms with E-state index in [4.69, 9.17) is 16.6 Å². The van der Waals surface area contributed by atoms with E-state index in [2.05, 4.69) is 4.98 Å². The highest BCUT2D eigenvalue weighted by Gasteiger charge is 2.21. The highest BCUT2D eigenvalue weighted by atomic mass is 35.5. The van der Waals surface area contributed by atoms with Crippen LogP contribution in [0.5, 0.6) is 0 Å². The summed E-state index contributed by atoms with van der Waals surface area (Å²) in [6, 6.07) is 11.6. The maximum atomic E-state index is 13.2. The molecular weight excluding hydrogens is 366 g/mol. The number of pyridine rings is 1. The Kier molecular flexibility index (Phi) is 5.27. The van der Waals surface area contributed by atoms with E-state index in [9.17, 15) is 4.79 Å². The van der Waals surface area contributed by atoms with Crippen molar-refractivity contribution in [2.75, 3.05) is 0 Å². The minimum absolute atomic E-state index is 0.0826. The van der Waals surface area contributed by atoms with Crippen LogP contribution >= 0.6 is 23.4 Å². The second-order valence-corrected chi connectivity index (χ2v) is 7.99. The fourth-order valence-corrected chi connectivity index (χ4v) is 4.64. The molecule has 1 aliphatic carbocycles. The van der Waals surface area contributed by atoms with E-state index in [1.165, 1.54) is 19.3 Å². The number of halogens is 1. The van der Waals surface area contributed by atoms with Crippen molar-refractivity contribution in [2.45, 2.75) is 49.1 Å². The molecule has 2 aromatic heterocycles. The van der Waals surface area contributed by atoms with E-state index >= 15 is 0 Å². The van der Waals surface area contributed by atoms with Gasteiger partial charge < -0.3 is 0 Å². The molecule has 0 saturated heterocycles. The van der Waals surface area contributed by atoms with Crippen LogP contribution in [0.1, 0.15) is 43.7 Å². The largest absolute Gasteiger partial charge is 0.284 e. The van der Waals surface area contributed by atoms with Crippen molar-refractivity contribution in [3.8, 4) is 0 Å². The van der Waals surface area contributed by atoms with Crippen LogP contribution in [-0.4, -0.2) is 14.5 Å². The molecule has 1 aromatic carbocycles. The molecule has 0 unspecified atom stereocenters. The van der Waals surface area contributed by atoms with Gasteiger partial charge in [-0.15, -0.1) is 0 Å². The number of para-hydroxylation sites is 1. The van der Waals surface area contributed by atoms with Gasteiger partial charge in [0.2, 0.25) is 0 Å².